The lowest BCUT2D eigenvalue weighted by molar-refractivity contribution is -0.143. The van der Waals surface area contributed by atoms with E-state index in [1.54, 1.807) is 57.0 Å². The van der Waals surface area contributed by atoms with Crippen molar-refractivity contribution < 1.29 is 49.4 Å². The van der Waals surface area contributed by atoms with E-state index in [1.807, 2.05) is 38.1 Å². The fraction of sp³-hybridized carbons (Fsp3) is 0.377. The molecule has 0 spiro atoms. The van der Waals surface area contributed by atoms with Gasteiger partial charge in [0.1, 0.15) is 18.3 Å². The van der Waals surface area contributed by atoms with Crippen LogP contribution in [0.3, 0.4) is 0 Å². The second kappa shape index (κ2) is 21.6. The summed E-state index contributed by atoms with van der Waals surface area (Å²) in [4.78, 5) is 29.8. The molecule has 3 aromatic heterocycles. The fourth-order valence-electron chi connectivity index (χ4n) is 8.46. The number of aryl methyl sites for hydroxylation is 3. The van der Waals surface area contributed by atoms with E-state index in [0.717, 1.165) is 38.8 Å². The van der Waals surface area contributed by atoms with Crippen LogP contribution < -0.4 is 4.74 Å². The van der Waals surface area contributed by atoms with Crippen LogP contribution in [-0.2, 0) is 64.5 Å². The smallest absolute Gasteiger partial charge is 0.306 e. The standard InChI is InChI=1S/C53H62F2N6O9S2Si/c1-10-69-48(63)22-17-37-13-11-14-38(29-37)53(5,24-12-27-71(64,65)52(3,4)39-32-56-60(33-39)35-68-26-28-73(7,8)9)51-57-50(59(6)58-51)43-30-40(18-21-45(43)54)70-49-44(34-62)42-23-25-61(47(42)31-46(49)55)72(66,67)41-19-15-36(2)16-20-41/h11,13-16,18-21,23,25,29-34H,10,12,17,22,24,26-28,35H2,1-9H3. The Morgan fingerprint density at radius 1 is 0.918 bits per heavy atom. The number of carbonyl (C=O) groups is 2. The molecule has 1 atom stereocenters. The maximum absolute atomic E-state index is 16.1. The summed E-state index contributed by atoms with van der Waals surface area (Å²) >= 11 is 0. The molecule has 4 aromatic carbocycles. The number of halogens is 2. The van der Waals surface area contributed by atoms with Gasteiger partial charge in [-0.15, -0.1) is 0 Å². The molecular weight excluding hydrogens is 995 g/mol. The normalized spacial score (nSPS) is 13.3. The van der Waals surface area contributed by atoms with Gasteiger partial charge >= 0.3 is 5.97 Å². The number of aldehydes is 1. The highest BCUT2D eigenvalue weighted by Crippen LogP contribution is 2.40. The topological polar surface area (TPSA) is 184 Å². The summed E-state index contributed by atoms with van der Waals surface area (Å²) in [5.74, 6) is -2.59. The van der Waals surface area contributed by atoms with Gasteiger partial charge in [0, 0.05) is 57.6 Å². The molecule has 0 aliphatic heterocycles. The van der Waals surface area contributed by atoms with Crippen molar-refractivity contribution in [2.24, 2.45) is 7.05 Å². The summed E-state index contributed by atoms with van der Waals surface area (Å²) in [6.07, 6.45) is 5.77. The Morgan fingerprint density at radius 3 is 2.36 bits per heavy atom. The zero-order valence-electron chi connectivity index (χ0n) is 42.6. The molecule has 0 aliphatic rings. The number of carbonyl (C=O) groups excluding carboxylic acids is 2. The molecule has 0 aliphatic carbocycles. The highest BCUT2D eigenvalue weighted by Gasteiger charge is 2.40. The Kier molecular flexibility index (Phi) is 16.1. The molecule has 388 valence electrons. The Balaban J connectivity index is 1.18. The molecule has 0 amide bonds. The SMILES string of the molecule is CCOC(=O)CCc1cccc(C(C)(CCCS(=O)(=O)C(C)(C)c2cnn(COCC[Si](C)(C)C)c2)c2nc(-c3cc(Oc4c(F)cc5c(ccn5S(=O)(=O)c5ccc(C)cc5)c4C=O)ccc3F)n(C)n2)c1. The van der Waals surface area contributed by atoms with E-state index in [-0.39, 0.29) is 88.6 Å². The predicted octanol–water partition coefficient (Wildman–Crippen LogP) is 10.3. The maximum Gasteiger partial charge on any atom is 0.306 e. The molecule has 0 saturated heterocycles. The van der Waals surface area contributed by atoms with Crippen LogP contribution >= 0.6 is 0 Å². The van der Waals surface area contributed by atoms with Crippen molar-refractivity contribution in [2.45, 2.75) is 108 Å². The van der Waals surface area contributed by atoms with E-state index in [9.17, 15) is 26.4 Å². The van der Waals surface area contributed by atoms with Gasteiger partial charge < -0.3 is 14.2 Å². The number of esters is 1. The van der Waals surface area contributed by atoms with Crippen molar-refractivity contribution in [3.8, 4) is 22.9 Å². The van der Waals surface area contributed by atoms with Crippen LogP contribution in [0.4, 0.5) is 8.78 Å². The van der Waals surface area contributed by atoms with Crippen molar-refractivity contribution >= 4 is 51.1 Å². The molecule has 0 bridgehead atoms. The van der Waals surface area contributed by atoms with Crippen LogP contribution in [0.5, 0.6) is 11.5 Å². The molecule has 0 N–H and O–H groups in total. The van der Waals surface area contributed by atoms with Crippen molar-refractivity contribution in [1.29, 1.82) is 0 Å². The third-order valence-corrected chi connectivity index (χ3v) is 19.2. The largest absolute Gasteiger partial charge is 0.466 e. The molecule has 0 fully saturated rings. The van der Waals surface area contributed by atoms with E-state index in [0.29, 0.717) is 24.9 Å². The van der Waals surface area contributed by atoms with E-state index in [1.165, 1.54) is 41.2 Å². The fourth-order valence-corrected chi connectivity index (χ4v) is 12.1. The summed E-state index contributed by atoms with van der Waals surface area (Å²) in [6.45, 7) is 16.6. The molecule has 7 rings (SSSR count). The Bertz CT molecular complexity index is 3380. The molecule has 0 radical (unpaired) electrons. The van der Waals surface area contributed by atoms with Crippen LogP contribution in [0.15, 0.2) is 102 Å². The first-order chi connectivity index (χ1) is 34.4. The van der Waals surface area contributed by atoms with Crippen molar-refractivity contribution in [3.63, 3.8) is 0 Å². The number of ether oxygens (including phenoxy) is 3. The van der Waals surface area contributed by atoms with E-state index < -0.39 is 55.5 Å². The number of rotatable bonds is 23. The second-order valence-electron chi connectivity index (χ2n) is 20.1. The number of sulfone groups is 1. The molecular formula is C53H62F2N6O9S2Si. The summed E-state index contributed by atoms with van der Waals surface area (Å²) < 4.78 is 107. The third-order valence-electron chi connectivity index (χ3n) is 13.2. The van der Waals surface area contributed by atoms with Gasteiger partial charge in [-0.05, 0) is 107 Å². The van der Waals surface area contributed by atoms with Gasteiger partial charge in [-0.3, -0.25) is 9.59 Å². The first-order valence-corrected chi connectivity index (χ1v) is 30.8. The number of benzene rings is 4. The zero-order chi connectivity index (χ0) is 53.1. The lowest BCUT2D eigenvalue weighted by atomic mass is 9.77. The van der Waals surface area contributed by atoms with Gasteiger partial charge in [-0.1, -0.05) is 61.6 Å². The van der Waals surface area contributed by atoms with Crippen molar-refractivity contribution in [1.82, 2.24) is 28.5 Å². The first kappa shape index (κ1) is 54.4. The van der Waals surface area contributed by atoms with Crippen LogP contribution in [0, 0.1) is 18.6 Å². The molecule has 7 aromatic rings. The first-order valence-electron chi connectivity index (χ1n) is 24.0. The minimum Gasteiger partial charge on any atom is -0.466 e. The highest BCUT2D eigenvalue weighted by molar-refractivity contribution is 7.92. The lowest BCUT2D eigenvalue weighted by Gasteiger charge is -2.29. The molecule has 1 unspecified atom stereocenters. The Labute approximate surface area is 426 Å². The number of hydrogen-bond donors (Lipinski definition) is 0. The molecule has 15 nitrogen and oxygen atoms in total. The highest BCUT2D eigenvalue weighted by atomic mass is 32.2. The van der Waals surface area contributed by atoms with Crippen molar-refractivity contribution in [2.75, 3.05) is 19.0 Å². The molecule has 0 saturated carbocycles. The quantitative estimate of drug-likeness (QED) is 0.0256. The Morgan fingerprint density at radius 2 is 1.66 bits per heavy atom. The molecule has 3 heterocycles. The summed E-state index contributed by atoms with van der Waals surface area (Å²) in [6, 6.07) is 20.6. The van der Waals surface area contributed by atoms with Gasteiger partial charge in [0.15, 0.2) is 39.3 Å². The molecule has 20 heteroatoms. The van der Waals surface area contributed by atoms with Gasteiger partial charge in [0.2, 0.25) is 0 Å². The van der Waals surface area contributed by atoms with Gasteiger partial charge in [-0.2, -0.15) is 10.2 Å². The summed E-state index contributed by atoms with van der Waals surface area (Å²) in [5, 5.41) is 9.29. The van der Waals surface area contributed by atoms with Crippen LogP contribution in [0.2, 0.25) is 25.7 Å². The van der Waals surface area contributed by atoms with Crippen LogP contribution in [-0.4, -0.2) is 84.6 Å². The summed E-state index contributed by atoms with van der Waals surface area (Å²) in [5.41, 5.74) is 1.41. The van der Waals surface area contributed by atoms with Crippen LogP contribution in [0.1, 0.15) is 85.4 Å². The van der Waals surface area contributed by atoms with Crippen molar-refractivity contribution in [3.05, 3.63) is 143 Å². The average molecular weight is 1060 g/mol. The van der Waals surface area contributed by atoms with E-state index in [2.05, 4.69) is 24.7 Å². The van der Waals surface area contributed by atoms with Gasteiger partial charge in [0.05, 0.1) is 50.3 Å². The van der Waals surface area contributed by atoms with Gasteiger partial charge in [0.25, 0.3) is 10.0 Å². The molecule has 73 heavy (non-hydrogen) atoms. The van der Waals surface area contributed by atoms with E-state index in [4.69, 9.17) is 24.3 Å². The van der Waals surface area contributed by atoms with E-state index >= 15 is 8.78 Å². The number of aromatic nitrogens is 6. The number of nitrogens with zero attached hydrogens (tertiary/aromatic N) is 6. The lowest BCUT2D eigenvalue weighted by Crippen LogP contribution is -2.33. The second-order valence-corrected chi connectivity index (χ2v) is 30.2. The average Bonchev–Trinajstić information content (AvgIpc) is 4.10. The van der Waals surface area contributed by atoms with Crippen LogP contribution in [0.25, 0.3) is 22.3 Å². The minimum atomic E-state index is -4.18. The Hall–Kier alpha value is -6.35. The third kappa shape index (κ3) is 11.9. The number of hydrogen-bond acceptors (Lipinski definition) is 12. The maximum atomic E-state index is 16.1. The minimum absolute atomic E-state index is 0.0308. The summed E-state index contributed by atoms with van der Waals surface area (Å²) in [7, 11) is -7.71. The monoisotopic (exact) mass is 1060 g/mol. The zero-order valence-corrected chi connectivity index (χ0v) is 45.2. The predicted molar refractivity (Wildman–Crippen MR) is 278 cm³/mol. The number of fused-ring (bicyclic) bond motifs is 1. The van der Waals surface area contributed by atoms with Gasteiger partial charge in [-0.25, -0.2) is 43.9 Å².